The SMILES string of the molecule is C1=CN=CNC=C1.C1=CNC=CN=C1. The highest BCUT2D eigenvalue weighted by Gasteiger charge is 1.68. The zero-order valence-electron chi connectivity index (χ0n) is 7.67. The maximum atomic E-state index is 3.82. The van der Waals surface area contributed by atoms with Crippen LogP contribution in [0.25, 0.3) is 0 Å². The highest BCUT2D eigenvalue weighted by atomic mass is 14.9. The molecule has 0 unspecified atom stereocenters. The molecule has 14 heavy (non-hydrogen) atoms. The Morgan fingerprint density at radius 3 is 2.64 bits per heavy atom. The van der Waals surface area contributed by atoms with Crippen LogP contribution >= 0.6 is 0 Å². The van der Waals surface area contributed by atoms with Crippen LogP contribution in [0.4, 0.5) is 0 Å². The van der Waals surface area contributed by atoms with Gasteiger partial charge in [-0.1, -0.05) is 0 Å². The van der Waals surface area contributed by atoms with Crippen molar-refractivity contribution in [3.05, 3.63) is 49.2 Å². The Balaban J connectivity index is 0.000000140. The van der Waals surface area contributed by atoms with Gasteiger partial charge in [-0.2, -0.15) is 0 Å². The monoisotopic (exact) mass is 188 g/mol. The lowest BCUT2D eigenvalue weighted by Gasteiger charge is -1.78. The minimum atomic E-state index is 1.62. The van der Waals surface area contributed by atoms with E-state index >= 15 is 0 Å². The van der Waals surface area contributed by atoms with E-state index in [1.165, 1.54) is 0 Å². The Labute approximate surface area is 83.1 Å². The van der Waals surface area contributed by atoms with Crippen molar-refractivity contribution in [1.82, 2.24) is 10.6 Å². The summed E-state index contributed by atoms with van der Waals surface area (Å²) in [5, 5.41) is 5.67. The molecular weight excluding hydrogens is 176 g/mol. The van der Waals surface area contributed by atoms with Gasteiger partial charge in [0.25, 0.3) is 0 Å². The summed E-state index contributed by atoms with van der Waals surface area (Å²) < 4.78 is 0. The van der Waals surface area contributed by atoms with Gasteiger partial charge in [-0.25, -0.2) is 4.99 Å². The molecule has 0 spiro atoms. The van der Waals surface area contributed by atoms with Crippen LogP contribution in [-0.4, -0.2) is 12.6 Å². The molecular formula is C10H12N4. The highest BCUT2D eigenvalue weighted by Crippen LogP contribution is 1.78. The number of nitrogens with zero attached hydrogens (tertiary/aromatic N) is 2. The molecule has 0 aliphatic carbocycles. The molecule has 4 nitrogen and oxygen atoms in total. The third kappa shape index (κ3) is 5.54. The molecule has 2 rings (SSSR count). The summed E-state index contributed by atoms with van der Waals surface area (Å²) in [6, 6.07) is 0. The largest absolute Gasteiger partial charge is 0.366 e. The van der Waals surface area contributed by atoms with Crippen molar-refractivity contribution < 1.29 is 0 Å². The van der Waals surface area contributed by atoms with Gasteiger partial charge >= 0.3 is 0 Å². The zero-order chi connectivity index (χ0) is 9.90. The van der Waals surface area contributed by atoms with Crippen molar-refractivity contribution in [1.29, 1.82) is 0 Å². The number of rotatable bonds is 0. The van der Waals surface area contributed by atoms with Crippen molar-refractivity contribution in [2.75, 3.05) is 0 Å². The summed E-state index contributed by atoms with van der Waals surface area (Å²) in [5.41, 5.74) is 0. The molecule has 0 aromatic heterocycles. The van der Waals surface area contributed by atoms with E-state index in [1.54, 1.807) is 31.2 Å². The summed E-state index contributed by atoms with van der Waals surface area (Å²) in [6.07, 6.45) is 17.7. The predicted molar refractivity (Wildman–Crippen MR) is 59.8 cm³/mol. The van der Waals surface area contributed by atoms with Gasteiger partial charge in [-0.05, 0) is 18.2 Å². The Kier molecular flexibility index (Phi) is 5.38. The molecule has 2 aliphatic rings. The summed E-state index contributed by atoms with van der Waals surface area (Å²) in [7, 11) is 0. The van der Waals surface area contributed by atoms with E-state index in [2.05, 4.69) is 20.6 Å². The lowest BCUT2D eigenvalue weighted by Crippen LogP contribution is -1.96. The molecule has 0 saturated heterocycles. The van der Waals surface area contributed by atoms with Crippen LogP contribution in [-0.2, 0) is 0 Å². The summed E-state index contributed by atoms with van der Waals surface area (Å²) in [4.78, 5) is 7.61. The van der Waals surface area contributed by atoms with E-state index in [1.807, 2.05) is 30.6 Å². The third-order valence-corrected chi connectivity index (χ3v) is 1.25. The average molecular weight is 188 g/mol. The number of nitrogens with one attached hydrogen (secondary N) is 2. The Hall–Kier alpha value is -2.10. The van der Waals surface area contributed by atoms with Crippen molar-refractivity contribution in [2.45, 2.75) is 0 Å². The van der Waals surface area contributed by atoms with Crippen LogP contribution < -0.4 is 10.6 Å². The van der Waals surface area contributed by atoms with Crippen molar-refractivity contribution in [2.24, 2.45) is 9.98 Å². The van der Waals surface area contributed by atoms with E-state index in [-0.39, 0.29) is 0 Å². The number of hydrogen-bond donors (Lipinski definition) is 2. The number of hydrogen-bond acceptors (Lipinski definition) is 4. The first-order chi connectivity index (χ1) is 7.00. The lowest BCUT2D eigenvalue weighted by atomic mass is 10.6. The molecule has 0 radical (unpaired) electrons. The second-order valence-electron chi connectivity index (χ2n) is 2.29. The van der Waals surface area contributed by atoms with Gasteiger partial charge < -0.3 is 10.6 Å². The topological polar surface area (TPSA) is 48.8 Å². The molecule has 0 aromatic rings. The second kappa shape index (κ2) is 7.54. The molecule has 0 saturated carbocycles. The van der Waals surface area contributed by atoms with Crippen LogP contribution in [0.5, 0.6) is 0 Å². The fraction of sp³-hybridized carbons (Fsp3) is 0. The smallest absolute Gasteiger partial charge is 0.0918 e. The van der Waals surface area contributed by atoms with Crippen LogP contribution in [0.1, 0.15) is 0 Å². The molecule has 0 bridgehead atoms. The van der Waals surface area contributed by atoms with Gasteiger partial charge in [-0.3, -0.25) is 4.99 Å². The fourth-order valence-corrected chi connectivity index (χ4v) is 0.679. The summed E-state index contributed by atoms with van der Waals surface area (Å²) in [6.45, 7) is 0. The quantitative estimate of drug-likeness (QED) is 0.601. The minimum Gasteiger partial charge on any atom is -0.366 e. The molecule has 4 heteroatoms. The summed E-state index contributed by atoms with van der Waals surface area (Å²) in [5.74, 6) is 0. The maximum absolute atomic E-state index is 3.82. The van der Waals surface area contributed by atoms with Gasteiger partial charge in [0.2, 0.25) is 0 Å². The van der Waals surface area contributed by atoms with Crippen molar-refractivity contribution in [3.8, 4) is 0 Å². The van der Waals surface area contributed by atoms with Gasteiger partial charge in [0, 0.05) is 37.2 Å². The van der Waals surface area contributed by atoms with E-state index in [4.69, 9.17) is 0 Å². The van der Waals surface area contributed by atoms with Gasteiger partial charge in [0.15, 0.2) is 0 Å². The lowest BCUT2D eigenvalue weighted by molar-refractivity contribution is 1.19. The van der Waals surface area contributed by atoms with Crippen LogP contribution in [0, 0.1) is 0 Å². The molecule has 2 heterocycles. The highest BCUT2D eigenvalue weighted by molar-refractivity contribution is 5.71. The first-order valence-corrected chi connectivity index (χ1v) is 4.19. The standard InChI is InChI=1S/2C5H6N2/c1-2-6-4-5-7-3-1;1-2-4-7-5-6-3-1/h1-6H;1-5H,(H,6,7). The molecule has 2 aliphatic heterocycles. The first-order valence-electron chi connectivity index (χ1n) is 4.19. The van der Waals surface area contributed by atoms with E-state index in [0.717, 1.165) is 0 Å². The molecule has 0 atom stereocenters. The Bertz CT molecular complexity index is 248. The van der Waals surface area contributed by atoms with Gasteiger partial charge in [-0.15, -0.1) is 0 Å². The average Bonchev–Trinajstić information content (AvgIpc) is 2.68. The van der Waals surface area contributed by atoms with Crippen LogP contribution in [0.2, 0.25) is 0 Å². The molecule has 0 aromatic carbocycles. The number of allylic oxidation sites excluding steroid dienone is 3. The normalized spacial score (nSPS) is 16.0. The van der Waals surface area contributed by atoms with Crippen molar-refractivity contribution in [3.63, 3.8) is 0 Å². The molecule has 2 N–H and O–H groups in total. The summed E-state index contributed by atoms with van der Waals surface area (Å²) >= 11 is 0. The maximum Gasteiger partial charge on any atom is 0.0918 e. The van der Waals surface area contributed by atoms with Crippen LogP contribution in [0.3, 0.4) is 0 Å². The third-order valence-electron chi connectivity index (χ3n) is 1.25. The van der Waals surface area contributed by atoms with E-state index in [0.29, 0.717) is 0 Å². The predicted octanol–water partition coefficient (Wildman–Crippen LogP) is 1.29. The zero-order valence-corrected chi connectivity index (χ0v) is 7.67. The Morgan fingerprint density at radius 1 is 0.714 bits per heavy atom. The number of aliphatic imine (C=N–C) groups is 2. The fourth-order valence-electron chi connectivity index (χ4n) is 0.679. The second-order valence-corrected chi connectivity index (χ2v) is 2.29. The van der Waals surface area contributed by atoms with E-state index < -0.39 is 0 Å². The van der Waals surface area contributed by atoms with E-state index in [9.17, 15) is 0 Å². The molecule has 72 valence electrons. The van der Waals surface area contributed by atoms with Gasteiger partial charge in [0.1, 0.15) is 0 Å². The molecule has 0 fully saturated rings. The minimum absolute atomic E-state index is 1.62. The van der Waals surface area contributed by atoms with Crippen molar-refractivity contribution >= 4 is 12.6 Å². The molecule has 0 amide bonds. The van der Waals surface area contributed by atoms with Gasteiger partial charge in [0.05, 0.1) is 6.34 Å². The first kappa shape index (κ1) is 9.98. The van der Waals surface area contributed by atoms with Crippen LogP contribution in [0.15, 0.2) is 59.2 Å². The Morgan fingerprint density at radius 2 is 1.64 bits per heavy atom.